The number of tetrazole rings is 1. The molecule has 1 aromatic rings. The third kappa shape index (κ3) is 3.76. The standard InChI is InChI=1S/C11H19N5O2/c17-10-6-4-2-1-3-5-9(10)13-11(18)7-16-8-12-14-15-16/h8-10,17H,1-7H2,(H,13,18)/t9-,10-/m0/s1. The van der Waals surface area contributed by atoms with E-state index in [-0.39, 0.29) is 18.5 Å². The molecule has 2 atom stereocenters. The first-order valence-electron chi connectivity index (χ1n) is 6.44. The SMILES string of the molecule is O=C(Cn1cnnn1)N[C@H]1CCCCCC[C@@H]1O. The van der Waals surface area contributed by atoms with E-state index in [9.17, 15) is 9.90 Å². The Morgan fingerprint density at radius 3 is 2.83 bits per heavy atom. The molecule has 1 amide bonds. The summed E-state index contributed by atoms with van der Waals surface area (Å²) in [5, 5.41) is 23.4. The maximum Gasteiger partial charge on any atom is 0.242 e. The lowest BCUT2D eigenvalue weighted by Crippen LogP contribution is -2.45. The zero-order valence-electron chi connectivity index (χ0n) is 10.3. The van der Waals surface area contributed by atoms with Crippen molar-refractivity contribution in [2.45, 2.75) is 57.2 Å². The fraction of sp³-hybridized carbons (Fsp3) is 0.818. The second-order valence-corrected chi connectivity index (χ2v) is 4.74. The zero-order valence-corrected chi connectivity index (χ0v) is 10.3. The molecular formula is C11H19N5O2. The van der Waals surface area contributed by atoms with Crippen molar-refractivity contribution in [2.75, 3.05) is 0 Å². The van der Waals surface area contributed by atoms with Crippen LogP contribution < -0.4 is 5.32 Å². The third-order valence-electron chi connectivity index (χ3n) is 3.27. The van der Waals surface area contributed by atoms with Crippen molar-refractivity contribution in [3.63, 3.8) is 0 Å². The number of carbonyl (C=O) groups excluding carboxylic acids is 1. The summed E-state index contributed by atoms with van der Waals surface area (Å²) in [6, 6.07) is -0.144. The van der Waals surface area contributed by atoms with E-state index in [4.69, 9.17) is 0 Å². The molecule has 1 aliphatic rings. The first kappa shape index (κ1) is 12.9. The fourth-order valence-electron chi connectivity index (χ4n) is 2.29. The number of nitrogens with one attached hydrogen (secondary N) is 1. The topological polar surface area (TPSA) is 92.9 Å². The quantitative estimate of drug-likeness (QED) is 0.783. The molecule has 1 fully saturated rings. The lowest BCUT2D eigenvalue weighted by molar-refractivity contribution is -0.123. The summed E-state index contributed by atoms with van der Waals surface area (Å²) in [7, 11) is 0. The molecule has 18 heavy (non-hydrogen) atoms. The van der Waals surface area contributed by atoms with Gasteiger partial charge in [-0.2, -0.15) is 0 Å². The van der Waals surface area contributed by atoms with Gasteiger partial charge >= 0.3 is 0 Å². The first-order valence-corrected chi connectivity index (χ1v) is 6.44. The molecule has 100 valence electrons. The van der Waals surface area contributed by atoms with Crippen LogP contribution in [0.3, 0.4) is 0 Å². The monoisotopic (exact) mass is 253 g/mol. The summed E-state index contributed by atoms with van der Waals surface area (Å²) in [6.45, 7) is 0.0935. The first-order chi connectivity index (χ1) is 8.75. The number of nitrogens with zero attached hydrogens (tertiary/aromatic N) is 4. The summed E-state index contributed by atoms with van der Waals surface area (Å²) in [6.07, 6.45) is 6.97. The lowest BCUT2D eigenvalue weighted by atomic mass is 9.94. The highest BCUT2D eigenvalue weighted by atomic mass is 16.3. The smallest absolute Gasteiger partial charge is 0.242 e. The van der Waals surface area contributed by atoms with Crippen LogP contribution in [-0.2, 0) is 11.3 Å². The van der Waals surface area contributed by atoms with Crippen LogP contribution in [0.15, 0.2) is 6.33 Å². The summed E-state index contributed by atoms with van der Waals surface area (Å²) >= 11 is 0. The van der Waals surface area contributed by atoms with Gasteiger partial charge in [0.25, 0.3) is 0 Å². The van der Waals surface area contributed by atoms with Gasteiger partial charge < -0.3 is 10.4 Å². The van der Waals surface area contributed by atoms with Crippen LogP contribution in [0.5, 0.6) is 0 Å². The van der Waals surface area contributed by atoms with Gasteiger partial charge in [-0.15, -0.1) is 5.10 Å². The van der Waals surface area contributed by atoms with Crippen LogP contribution in [0.4, 0.5) is 0 Å². The Morgan fingerprint density at radius 2 is 2.11 bits per heavy atom. The molecule has 0 aliphatic heterocycles. The molecule has 0 radical (unpaired) electrons. The molecule has 1 heterocycles. The molecule has 1 aromatic heterocycles. The fourth-order valence-corrected chi connectivity index (χ4v) is 2.29. The van der Waals surface area contributed by atoms with Gasteiger partial charge in [-0.1, -0.05) is 25.7 Å². The van der Waals surface area contributed by atoms with E-state index in [1.54, 1.807) is 0 Å². The van der Waals surface area contributed by atoms with Crippen LogP contribution in [0.25, 0.3) is 0 Å². The number of amides is 1. The van der Waals surface area contributed by atoms with E-state index in [0.29, 0.717) is 0 Å². The van der Waals surface area contributed by atoms with Gasteiger partial charge in [-0.25, -0.2) is 4.68 Å². The molecule has 7 nitrogen and oxygen atoms in total. The van der Waals surface area contributed by atoms with Crippen LogP contribution in [-0.4, -0.2) is 43.4 Å². The molecule has 2 N–H and O–H groups in total. The van der Waals surface area contributed by atoms with E-state index < -0.39 is 6.10 Å². The Morgan fingerprint density at radius 1 is 1.33 bits per heavy atom. The van der Waals surface area contributed by atoms with Crippen molar-refractivity contribution in [1.29, 1.82) is 0 Å². The van der Waals surface area contributed by atoms with Gasteiger partial charge in [0.1, 0.15) is 12.9 Å². The molecule has 0 bridgehead atoms. The van der Waals surface area contributed by atoms with Crippen molar-refractivity contribution in [3.05, 3.63) is 6.33 Å². The van der Waals surface area contributed by atoms with Crippen LogP contribution in [0, 0.1) is 0 Å². The van der Waals surface area contributed by atoms with Gasteiger partial charge in [0.2, 0.25) is 5.91 Å². The van der Waals surface area contributed by atoms with E-state index in [1.165, 1.54) is 23.9 Å². The summed E-state index contributed by atoms with van der Waals surface area (Å²) in [5.74, 6) is -0.160. The number of aromatic nitrogens is 4. The van der Waals surface area contributed by atoms with E-state index in [0.717, 1.165) is 25.7 Å². The molecule has 7 heteroatoms. The number of hydrogen-bond acceptors (Lipinski definition) is 5. The van der Waals surface area contributed by atoms with E-state index in [2.05, 4.69) is 20.8 Å². The van der Waals surface area contributed by atoms with Crippen molar-refractivity contribution >= 4 is 5.91 Å². The Bertz CT molecular complexity index is 368. The second-order valence-electron chi connectivity index (χ2n) is 4.74. The van der Waals surface area contributed by atoms with Gasteiger partial charge in [-0.3, -0.25) is 4.79 Å². The Hall–Kier alpha value is -1.50. The van der Waals surface area contributed by atoms with Crippen molar-refractivity contribution in [2.24, 2.45) is 0 Å². The molecule has 1 aliphatic carbocycles. The average Bonchev–Trinajstić information content (AvgIpc) is 2.81. The Kier molecular flexibility index (Phi) is 4.63. The molecule has 0 unspecified atom stereocenters. The molecule has 1 saturated carbocycles. The van der Waals surface area contributed by atoms with Gasteiger partial charge in [0, 0.05) is 0 Å². The lowest BCUT2D eigenvalue weighted by Gasteiger charge is -2.26. The number of aliphatic hydroxyl groups is 1. The molecular weight excluding hydrogens is 234 g/mol. The van der Waals surface area contributed by atoms with Crippen LogP contribution in [0.2, 0.25) is 0 Å². The Balaban J connectivity index is 1.84. The summed E-state index contributed by atoms with van der Waals surface area (Å²) in [4.78, 5) is 11.8. The second kappa shape index (κ2) is 6.44. The highest BCUT2D eigenvalue weighted by Gasteiger charge is 2.22. The third-order valence-corrected chi connectivity index (χ3v) is 3.27. The molecule has 0 saturated heterocycles. The predicted molar refractivity (Wildman–Crippen MR) is 63.5 cm³/mol. The summed E-state index contributed by atoms with van der Waals surface area (Å²) < 4.78 is 1.37. The number of hydrogen-bond donors (Lipinski definition) is 2. The highest BCUT2D eigenvalue weighted by Crippen LogP contribution is 2.17. The van der Waals surface area contributed by atoms with Gasteiger partial charge in [0.15, 0.2) is 0 Å². The largest absolute Gasteiger partial charge is 0.391 e. The minimum absolute atomic E-state index is 0.0935. The van der Waals surface area contributed by atoms with E-state index in [1.807, 2.05) is 0 Å². The normalized spacial score (nSPS) is 25.2. The minimum Gasteiger partial charge on any atom is -0.391 e. The van der Waals surface area contributed by atoms with Gasteiger partial charge in [0.05, 0.1) is 12.1 Å². The number of carbonyl (C=O) groups is 1. The van der Waals surface area contributed by atoms with Gasteiger partial charge in [-0.05, 0) is 23.3 Å². The molecule has 0 aromatic carbocycles. The minimum atomic E-state index is -0.442. The average molecular weight is 253 g/mol. The van der Waals surface area contributed by atoms with Crippen molar-refractivity contribution in [3.8, 4) is 0 Å². The molecule has 2 rings (SSSR count). The predicted octanol–water partition coefficient (Wildman–Crippen LogP) is -0.127. The van der Waals surface area contributed by atoms with Crippen molar-refractivity contribution in [1.82, 2.24) is 25.5 Å². The maximum absolute atomic E-state index is 11.8. The highest BCUT2D eigenvalue weighted by molar-refractivity contribution is 5.75. The zero-order chi connectivity index (χ0) is 12.8. The van der Waals surface area contributed by atoms with Crippen molar-refractivity contribution < 1.29 is 9.90 Å². The van der Waals surface area contributed by atoms with Crippen LogP contribution >= 0.6 is 0 Å². The summed E-state index contributed by atoms with van der Waals surface area (Å²) in [5.41, 5.74) is 0. The van der Waals surface area contributed by atoms with E-state index >= 15 is 0 Å². The molecule has 0 spiro atoms. The van der Waals surface area contributed by atoms with Crippen LogP contribution in [0.1, 0.15) is 38.5 Å². The number of aliphatic hydroxyl groups excluding tert-OH is 1. The maximum atomic E-state index is 11.8. The number of rotatable bonds is 3. The Labute approximate surface area is 106 Å².